The first-order valence-corrected chi connectivity index (χ1v) is 9.32. The molecule has 22 heavy (non-hydrogen) atoms. The van der Waals surface area contributed by atoms with Crippen LogP contribution in [0.1, 0.15) is 19.8 Å². The monoisotopic (exact) mass is 367 g/mol. The molecule has 1 aromatic rings. The van der Waals surface area contributed by atoms with E-state index in [-0.39, 0.29) is 28.4 Å². The zero-order valence-corrected chi connectivity index (χ0v) is 14.8. The van der Waals surface area contributed by atoms with E-state index in [4.69, 9.17) is 5.73 Å². The standard InChI is InChI=1S/C13H21N3O3S2.ClH/c1-10(8-14)9-15-13(17)11-4-2-6-16(11)21(18,19)12-5-3-7-20-12;/h3,5,7,10-11H,2,4,6,8-9,14H2,1H3,(H,15,17);1H. The van der Waals surface area contributed by atoms with Crippen LogP contribution in [-0.2, 0) is 14.8 Å². The number of hydrogen-bond acceptors (Lipinski definition) is 5. The number of thiophene rings is 1. The van der Waals surface area contributed by atoms with Crippen LogP contribution in [0.4, 0.5) is 0 Å². The summed E-state index contributed by atoms with van der Waals surface area (Å²) in [5.41, 5.74) is 5.52. The molecule has 0 aliphatic carbocycles. The molecular formula is C13H22ClN3O3S2. The van der Waals surface area contributed by atoms with Gasteiger partial charge in [0, 0.05) is 13.1 Å². The second-order valence-corrected chi connectivity index (χ2v) is 8.36. The molecule has 1 saturated heterocycles. The molecule has 0 radical (unpaired) electrons. The summed E-state index contributed by atoms with van der Waals surface area (Å²) in [5.74, 6) is -0.0503. The minimum Gasteiger partial charge on any atom is -0.354 e. The summed E-state index contributed by atoms with van der Waals surface area (Å²) in [6, 6.07) is 2.66. The lowest BCUT2D eigenvalue weighted by atomic mass is 10.1. The van der Waals surface area contributed by atoms with Crippen molar-refractivity contribution in [2.45, 2.75) is 30.0 Å². The fourth-order valence-electron chi connectivity index (χ4n) is 2.29. The number of nitrogens with one attached hydrogen (secondary N) is 1. The molecule has 0 saturated carbocycles. The molecule has 0 spiro atoms. The Hall–Kier alpha value is -0.670. The summed E-state index contributed by atoms with van der Waals surface area (Å²) in [4.78, 5) is 12.2. The Labute approximate surface area is 141 Å². The van der Waals surface area contributed by atoms with Crippen LogP contribution in [0.15, 0.2) is 21.7 Å². The number of carbonyl (C=O) groups excluding carboxylic acids is 1. The van der Waals surface area contributed by atoms with Crippen LogP contribution in [-0.4, -0.2) is 44.3 Å². The minimum absolute atomic E-state index is 0. The zero-order chi connectivity index (χ0) is 15.5. The molecule has 0 bridgehead atoms. The fraction of sp³-hybridized carbons (Fsp3) is 0.615. The number of hydrogen-bond donors (Lipinski definition) is 2. The molecule has 1 aromatic heterocycles. The van der Waals surface area contributed by atoms with Gasteiger partial charge in [-0.15, -0.1) is 23.7 Å². The molecule has 6 nitrogen and oxygen atoms in total. The van der Waals surface area contributed by atoms with Gasteiger partial charge in [0.15, 0.2) is 0 Å². The van der Waals surface area contributed by atoms with Gasteiger partial charge in [0.2, 0.25) is 5.91 Å². The average Bonchev–Trinajstić information content (AvgIpc) is 3.14. The van der Waals surface area contributed by atoms with Crippen molar-refractivity contribution in [2.24, 2.45) is 11.7 Å². The van der Waals surface area contributed by atoms with Crippen LogP contribution in [0.2, 0.25) is 0 Å². The highest BCUT2D eigenvalue weighted by Gasteiger charge is 2.39. The normalized spacial score (nSPS) is 20.4. The Morgan fingerprint density at radius 2 is 2.32 bits per heavy atom. The second kappa shape index (κ2) is 8.26. The van der Waals surface area contributed by atoms with Crippen LogP contribution >= 0.6 is 23.7 Å². The molecule has 1 fully saturated rings. The highest BCUT2D eigenvalue weighted by atomic mass is 35.5. The molecule has 3 N–H and O–H groups in total. The van der Waals surface area contributed by atoms with Crippen molar-refractivity contribution < 1.29 is 13.2 Å². The summed E-state index contributed by atoms with van der Waals surface area (Å²) < 4.78 is 26.7. The van der Waals surface area contributed by atoms with Crippen molar-refractivity contribution in [2.75, 3.05) is 19.6 Å². The number of rotatable bonds is 6. The van der Waals surface area contributed by atoms with E-state index in [1.54, 1.807) is 17.5 Å². The van der Waals surface area contributed by atoms with Gasteiger partial charge < -0.3 is 11.1 Å². The van der Waals surface area contributed by atoms with Crippen molar-refractivity contribution in [3.05, 3.63) is 17.5 Å². The van der Waals surface area contributed by atoms with Gasteiger partial charge in [-0.1, -0.05) is 13.0 Å². The van der Waals surface area contributed by atoms with Gasteiger partial charge in [0.25, 0.3) is 10.0 Å². The van der Waals surface area contributed by atoms with Crippen LogP contribution < -0.4 is 11.1 Å². The van der Waals surface area contributed by atoms with Crippen LogP contribution in [0.5, 0.6) is 0 Å². The Morgan fingerprint density at radius 3 is 2.91 bits per heavy atom. The van der Waals surface area contributed by atoms with Crippen molar-refractivity contribution in [1.82, 2.24) is 9.62 Å². The predicted octanol–water partition coefficient (Wildman–Crippen LogP) is 1.03. The molecule has 9 heteroatoms. The molecule has 126 valence electrons. The maximum atomic E-state index is 12.5. The van der Waals surface area contributed by atoms with E-state index in [0.29, 0.717) is 32.5 Å². The Balaban J connectivity index is 0.00000242. The maximum absolute atomic E-state index is 12.5. The van der Waals surface area contributed by atoms with Crippen molar-refractivity contribution in [3.8, 4) is 0 Å². The maximum Gasteiger partial charge on any atom is 0.253 e. The number of nitrogens with zero attached hydrogens (tertiary/aromatic N) is 1. The van der Waals surface area contributed by atoms with Gasteiger partial charge >= 0.3 is 0 Å². The van der Waals surface area contributed by atoms with Crippen molar-refractivity contribution >= 4 is 39.7 Å². The van der Waals surface area contributed by atoms with Crippen molar-refractivity contribution in [3.63, 3.8) is 0 Å². The lowest BCUT2D eigenvalue weighted by molar-refractivity contribution is -0.124. The lowest BCUT2D eigenvalue weighted by Gasteiger charge is -2.23. The molecule has 2 unspecified atom stereocenters. The first-order valence-electron chi connectivity index (χ1n) is 7.00. The van der Waals surface area contributed by atoms with Crippen molar-refractivity contribution in [1.29, 1.82) is 0 Å². The molecule has 2 rings (SSSR count). The quantitative estimate of drug-likeness (QED) is 0.785. The third kappa shape index (κ3) is 4.20. The van der Waals surface area contributed by atoms with E-state index < -0.39 is 16.1 Å². The molecule has 0 aromatic carbocycles. The molecular weight excluding hydrogens is 346 g/mol. The summed E-state index contributed by atoms with van der Waals surface area (Å²) in [7, 11) is -3.57. The highest BCUT2D eigenvalue weighted by Crippen LogP contribution is 2.28. The van der Waals surface area contributed by atoms with E-state index >= 15 is 0 Å². The van der Waals surface area contributed by atoms with Crippen LogP contribution in [0.25, 0.3) is 0 Å². The third-order valence-electron chi connectivity index (χ3n) is 3.59. The predicted molar refractivity (Wildman–Crippen MR) is 89.7 cm³/mol. The SMILES string of the molecule is CC(CN)CNC(=O)C1CCCN1S(=O)(=O)c1cccs1.Cl. The van der Waals surface area contributed by atoms with E-state index in [0.717, 1.165) is 0 Å². The van der Waals surface area contributed by atoms with E-state index in [1.807, 2.05) is 6.92 Å². The zero-order valence-electron chi connectivity index (χ0n) is 12.4. The van der Waals surface area contributed by atoms with E-state index in [2.05, 4.69) is 5.32 Å². The molecule has 1 aliphatic rings. The summed E-state index contributed by atoms with van der Waals surface area (Å²) in [6.07, 6.45) is 1.27. The van der Waals surface area contributed by atoms with Gasteiger partial charge in [-0.25, -0.2) is 8.42 Å². The number of nitrogens with two attached hydrogens (primary N) is 1. The van der Waals surface area contributed by atoms with Gasteiger partial charge in [0.05, 0.1) is 0 Å². The van der Waals surface area contributed by atoms with Gasteiger partial charge in [-0.3, -0.25) is 4.79 Å². The summed E-state index contributed by atoms with van der Waals surface area (Å²) >= 11 is 1.17. The smallest absolute Gasteiger partial charge is 0.253 e. The molecule has 1 aliphatic heterocycles. The first-order chi connectivity index (χ1) is 9.96. The number of halogens is 1. The van der Waals surface area contributed by atoms with E-state index in [1.165, 1.54) is 15.6 Å². The fourth-order valence-corrected chi connectivity index (χ4v) is 5.07. The Morgan fingerprint density at radius 1 is 1.59 bits per heavy atom. The van der Waals surface area contributed by atoms with Gasteiger partial charge in [-0.2, -0.15) is 4.31 Å². The summed E-state index contributed by atoms with van der Waals surface area (Å²) in [6.45, 7) is 3.29. The van der Waals surface area contributed by atoms with Gasteiger partial charge in [0.1, 0.15) is 10.3 Å². The minimum atomic E-state index is -3.57. The number of carbonyl (C=O) groups is 1. The Kier molecular flexibility index (Phi) is 7.27. The molecule has 2 heterocycles. The first kappa shape index (κ1) is 19.4. The number of sulfonamides is 1. The third-order valence-corrected chi connectivity index (χ3v) is 6.87. The van der Waals surface area contributed by atoms with Crippen LogP contribution in [0, 0.1) is 5.92 Å². The largest absolute Gasteiger partial charge is 0.354 e. The molecule has 2 atom stereocenters. The topological polar surface area (TPSA) is 92.5 Å². The van der Waals surface area contributed by atoms with E-state index in [9.17, 15) is 13.2 Å². The Bertz CT molecular complexity index is 577. The second-order valence-electron chi connectivity index (χ2n) is 5.29. The lowest BCUT2D eigenvalue weighted by Crippen LogP contribution is -2.46. The average molecular weight is 368 g/mol. The van der Waals surface area contributed by atoms with Crippen LogP contribution in [0.3, 0.4) is 0 Å². The molecule has 1 amide bonds. The number of amides is 1. The highest BCUT2D eigenvalue weighted by molar-refractivity contribution is 7.91. The van der Waals surface area contributed by atoms with Gasteiger partial charge in [-0.05, 0) is 36.8 Å². The summed E-state index contributed by atoms with van der Waals surface area (Å²) in [5, 5.41) is 4.52.